The molecule has 3 rings (SSSR count). The lowest BCUT2D eigenvalue weighted by Crippen LogP contribution is -2.65. The molecule has 0 saturated carbocycles. The highest BCUT2D eigenvalue weighted by atomic mass is 32.2. The van der Waals surface area contributed by atoms with Gasteiger partial charge in [-0.2, -0.15) is 8.42 Å². The van der Waals surface area contributed by atoms with Gasteiger partial charge in [0.05, 0.1) is 10.3 Å². The summed E-state index contributed by atoms with van der Waals surface area (Å²) < 4.78 is 29.7. The lowest BCUT2D eigenvalue weighted by molar-refractivity contribution is -0.121. The molecule has 20 heavy (non-hydrogen) atoms. The fourth-order valence-corrected chi connectivity index (χ4v) is 3.63. The summed E-state index contributed by atoms with van der Waals surface area (Å²) in [6.07, 6.45) is -0.346. The molecular weight excluding hydrogens is 280 g/mol. The molecule has 2 heterocycles. The summed E-state index contributed by atoms with van der Waals surface area (Å²) in [5, 5.41) is 5.66. The molecule has 0 aliphatic carbocycles. The lowest BCUT2D eigenvalue weighted by Gasteiger charge is -2.45. The van der Waals surface area contributed by atoms with E-state index in [4.69, 9.17) is 4.18 Å². The van der Waals surface area contributed by atoms with Crippen LogP contribution in [0.15, 0.2) is 29.2 Å². The monoisotopic (exact) mass is 296 g/mol. The normalized spacial score (nSPS) is 29.2. The van der Waals surface area contributed by atoms with Crippen LogP contribution in [0.5, 0.6) is 0 Å². The molecule has 2 saturated heterocycles. The third-order valence-electron chi connectivity index (χ3n) is 3.88. The van der Waals surface area contributed by atoms with Crippen molar-refractivity contribution in [2.45, 2.75) is 24.5 Å². The van der Waals surface area contributed by atoms with Crippen molar-refractivity contribution in [2.75, 3.05) is 13.1 Å². The van der Waals surface area contributed by atoms with Crippen LogP contribution in [0.4, 0.5) is 0 Å². The Morgan fingerprint density at radius 2 is 1.95 bits per heavy atom. The van der Waals surface area contributed by atoms with Crippen molar-refractivity contribution in [3.05, 3.63) is 29.8 Å². The van der Waals surface area contributed by atoms with Gasteiger partial charge in [0.15, 0.2) is 0 Å². The van der Waals surface area contributed by atoms with Gasteiger partial charge in [-0.25, -0.2) is 4.18 Å². The zero-order chi connectivity index (χ0) is 14.4. The molecule has 0 aromatic heterocycles. The third-order valence-corrected chi connectivity index (χ3v) is 5.17. The van der Waals surface area contributed by atoms with E-state index in [-0.39, 0.29) is 10.8 Å². The quantitative estimate of drug-likeness (QED) is 0.775. The predicted octanol–water partition coefficient (Wildman–Crippen LogP) is 0.136. The van der Waals surface area contributed by atoms with Crippen molar-refractivity contribution in [3.63, 3.8) is 0 Å². The van der Waals surface area contributed by atoms with Crippen LogP contribution in [-0.4, -0.2) is 33.6 Å². The average Bonchev–Trinajstić information content (AvgIpc) is 2.80. The first-order chi connectivity index (χ1) is 9.41. The van der Waals surface area contributed by atoms with Crippen LogP contribution in [0.25, 0.3) is 0 Å². The first-order valence-corrected chi connectivity index (χ1v) is 7.82. The van der Waals surface area contributed by atoms with Gasteiger partial charge in [0, 0.05) is 19.5 Å². The minimum Gasteiger partial charge on any atom is -0.355 e. The Balaban J connectivity index is 1.77. The maximum Gasteiger partial charge on any atom is 0.298 e. The first kappa shape index (κ1) is 13.5. The van der Waals surface area contributed by atoms with Gasteiger partial charge >= 0.3 is 0 Å². The Hall–Kier alpha value is -1.44. The molecule has 2 fully saturated rings. The minimum absolute atomic E-state index is 0.0622. The van der Waals surface area contributed by atoms with E-state index in [1.807, 2.05) is 6.92 Å². The molecule has 7 heteroatoms. The second kappa shape index (κ2) is 4.54. The van der Waals surface area contributed by atoms with Crippen LogP contribution in [0.1, 0.15) is 12.0 Å². The van der Waals surface area contributed by atoms with E-state index < -0.39 is 21.8 Å². The van der Waals surface area contributed by atoms with Gasteiger partial charge in [0.1, 0.15) is 6.23 Å². The Labute approximate surface area is 117 Å². The molecule has 1 spiro atoms. The predicted molar refractivity (Wildman–Crippen MR) is 71.3 cm³/mol. The van der Waals surface area contributed by atoms with Gasteiger partial charge in [-0.15, -0.1) is 0 Å². The van der Waals surface area contributed by atoms with Crippen LogP contribution in [0, 0.1) is 12.3 Å². The molecule has 2 N–H and O–H groups in total. The highest BCUT2D eigenvalue weighted by Gasteiger charge is 2.54. The Morgan fingerprint density at radius 1 is 1.25 bits per heavy atom. The maximum atomic E-state index is 12.2. The number of hydrogen-bond acceptors (Lipinski definition) is 5. The summed E-state index contributed by atoms with van der Waals surface area (Å²) in [6, 6.07) is 6.49. The van der Waals surface area contributed by atoms with E-state index in [1.54, 1.807) is 12.1 Å². The molecule has 2 atom stereocenters. The van der Waals surface area contributed by atoms with Crippen molar-refractivity contribution < 1.29 is 17.4 Å². The van der Waals surface area contributed by atoms with Crippen LogP contribution in [0.2, 0.25) is 0 Å². The zero-order valence-corrected chi connectivity index (χ0v) is 11.9. The molecule has 2 aliphatic rings. The third kappa shape index (κ3) is 2.21. The number of nitrogens with one attached hydrogen (secondary N) is 2. The number of hydrogen-bond donors (Lipinski definition) is 2. The van der Waals surface area contributed by atoms with Gasteiger partial charge < -0.3 is 5.32 Å². The van der Waals surface area contributed by atoms with E-state index in [0.717, 1.165) is 5.56 Å². The number of rotatable bonds is 3. The maximum absolute atomic E-state index is 12.2. The number of aryl methyl sites for hydroxylation is 1. The summed E-state index contributed by atoms with van der Waals surface area (Å²) in [7, 11) is -3.82. The number of carbonyl (C=O) groups is 1. The Kier molecular flexibility index (Phi) is 3.07. The molecule has 108 valence electrons. The average molecular weight is 296 g/mol. The number of carbonyl (C=O) groups excluding carboxylic acids is 1. The van der Waals surface area contributed by atoms with E-state index in [1.165, 1.54) is 12.1 Å². The van der Waals surface area contributed by atoms with Crippen molar-refractivity contribution in [2.24, 2.45) is 5.41 Å². The SMILES string of the molecule is Cc1ccc(S(=O)(=O)OC2NCC23CNC(=O)C3)cc1. The van der Waals surface area contributed by atoms with Crippen LogP contribution in [-0.2, 0) is 19.1 Å². The summed E-state index contributed by atoms with van der Waals surface area (Å²) in [4.78, 5) is 11.5. The van der Waals surface area contributed by atoms with E-state index in [9.17, 15) is 13.2 Å². The molecule has 1 amide bonds. The standard InChI is InChI=1S/C13H16N2O4S/c1-9-2-4-10(5-3-9)20(17,18)19-12-13(8-15-12)6-11(16)14-7-13/h2-5,12,15H,6-8H2,1H3,(H,14,16). The first-order valence-electron chi connectivity index (χ1n) is 6.41. The van der Waals surface area contributed by atoms with Crippen LogP contribution < -0.4 is 10.6 Å². The topological polar surface area (TPSA) is 84.5 Å². The van der Waals surface area contributed by atoms with E-state index >= 15 is 0 Å². The van der Waals surface area contributed by atoms with Gasteiger partial charge in [-0.1, -0.05) is 17.7 Å². The van der Waals surface area contributed by atoms with Crippen molar-refractivity contribution >= 4 is 16.0 Å². The summed E-state index contributed by atoms with van der Waals surface area (Å²) >= 11 is 0. The molecular formula is C13H16N2O4S. The summed E-state index contributed by atoms with van der Waals surface area (Å²) in [5.74, 6) is -0.0622. The summed E-state index contributed by atoms with van der Waals surface area (Å²) in [6.45, 7) is 2.92. The zero-order valence-electron chi connectivity index (χ0n) is 11.0. The molecule has 6 nitrogen and oxygen atoms in total. The highest BCUT2D eigenvalue weighted by molar-refractivity contribution is 7.86. The molecule has 1 aromatic carbocycles. The highest BCUT2D eigenvalue weighted by Crippen LogP contribution is 2.38. The second-order valence-corrected chi connectivity index (χ2v) is 7.01. The van der Waals surface area contributed by atoms with Crippen molar-refractivity contribution in [3.8, 4) is 0 Å². The Morgan fingerprint density at radius 3 is 2.45 bits per heavy atom. The largest absolute Gasteiger partial charge is 0.355 e. The smallest absolute Gasteiger partial charge is 0.298 e. The summed E-state index contributed by atoms with van der Waals surface area (Å²) in [5.41, 5.74) is 0.544. The lowest BCUT2D eigenvalue weighted by atomic mass is 9.79. The van der Waals surface area contributed by atoms with Gasteiger partial charge in [-0.3, -0.25) is 10.1 Å². The van der Waals surface area contributed by atoms with Crippen molar-refractivity contribution in [1.29, 1.82) is 0 Å². The molecule has 2 unspecified atom stereocenters. The van der Waals surface area contributed by atoms with Gasteiger partial charge in [0.25, 0.3) is 10.1 Å². The van der Waals surface area contributed by atoms with Gasteiger partial charge in [-0.05, 0) is 19.1 Å². The van der Waals surface area contributed by atoms with Crippen LogP contribution >= 0.6 is 0 Å². The van der Waals surface area contributed by atoms with Crippen LogP contribution in [0.3, 0.4) is 0 Å². The number of benzene rings is 1. The fourth-order valence-electron chi connectivity index (χ4n) is 2.53. The molecule has 0 bridgehead atoms. The minimum atomic E-state index is -3.82. The number of amides is 1. The second-order valence-electron chi connectivity index (χ2n) is 5.44. The van der Waals surface area contributed by atoms with E-state index in [2.05, 4.69) is 10.6 Å². The molecule has 1 aromatic rings. The van der Waals surface area contributed by atoms with Crippen molar-refractivity contribution in [1.82, 2.24) is 10.6 Å². The molecule has 2 aliphatic heterocycles. The molecule has 0 radical (unpaired) electrons. The Bertz CT molecular complexity index is 641. The van der Waals surface area contributed by atoms with E-state index in [0.29, 0.717) is 19.5 Å². The van der Waals surface area contributed by atoms with Gasteiger partial charge in [0.2, 0.25) is 5.91 Å². The fraction of sp³-hybridized carbons (Fsp3) is 0.462.